The van der Waals surface area contributed by atoms with Crippen LogP contribution in [0.1, 0.15) is 31.0 Å². The molecule has 0 fully saturated rings. The third kappa shape index (κ3) is 3.85. The number of benzene rings is 1. The summed E-state index contributed by atoms with van der Waals surface area (Å²) >= 11 is 7.94. The predicted octanol–water partition coefficient (Wildman–Crippen LogP) is 4.90. The molecule has 0 bridgehead atoms. The van der Waals surface area contributed by atoms with Crippen LogP contribution in [0.4, 0.5) is 5.13 Å². The lowest BCUT2D eigenvalue weighted by Crippen LogP contribution is -2.13. The van der Waals surface area contributed by atoms with Gasteiger partial charge in [-0.25, -0.2) is 13.4 Å². The minimum atomic E-state index is -3.67. The van der Waals surface area contributed by atoms with Gasteiger partial charge < -0.3 is 0 Å². The number of hydrogen-bond acceptors (Lipinski definition) is 4. The molecule has 0 atom stereocenters. The molecule has 0 radical (unpaired) electrons. The zero-order chi connectivity index (χ0) is 15.8. The Labute approximate surface area is 145 Å². The van der Waals surface area contributed by atoms with Crippen molar-refractivity contribution in [2.75, 3.05) is 4.72 Å². The number of aryl methyl sites for hydroxylation is 1. The van der Waals surface area contributed by atoms with E-state index in [0.29, 0.717) is 9.60 Å². The highest BCUT2D eigenvalue weighted by Gasteiger charge is 2.21. The molecule has 2 aromatic rings. The van der Waals surface area contributed by atoms with Crippen LogP contribution < -0.4 is 4.72 Å². The van der Waals surface area contributed by atoms with Crippen molar-refractivity contribution in [2.45, 2.75) is 31.6 Å². The lowest BCUT2D eigenvalue weighted by Gasteiger charge is -2.09. The Kier molecular flexibility index (Phi) is 5.12. The molecule has 1 aromatic heterocycles. The quantitative estimate of drug-likeness (QED) is 0.715. The topological polar surface area (TPSA) is 59.1 Å². The second-order valence-corrected chi connectivity index (χ2v) is 9.09. The van der Waals surface area contributed by atoms with Gasteiger partial charge in [-0.2, -0.15) is 0 Å². The van der Waals surface area contributed by atoms with Crippen LogP contribution in [0, 0.1) is 6.92 Å². The number of rotatable bonds is 4. The van der Waals surface area contributed by atoms with Crippen LogP contribution in [0.2, 0.25) is 0 Å². The maximum Gasteiger partial charge on any atom is 0.264 e. The molecule has 1 heterocycles. The number of sulfonamides is 1. The van der Waals surface area contributed by atoms with Crippen LogP contribution in [0.25, 0.3) is 0 Å². The van der Waals surface area contributed by atoms with Gasteiger partial charge in [0.2, 0.25) is 0 Å². The van der Waals surface area contributed by atoms with Gasteiger partial charge in [-0.3, -0.25) is 4.72 Å². The van der Waals surface area contributed by atoms with Crippen molar-refractivity contribution in [3.63, 3.8) is 0 Å². The molecule has 21 heavy (non-hydrogen) atoms. The highest BCUT2D eigenvalue weighted by atomic mass is 79.9. The van der Waals surface area contributed by atoms with E-state index in [-0.39, 0.29) is 10.8 Å². The van der Waals surface area contributed by atoms with Gasteiger partial charge in [-0.15, -0.1) is 11.3 Å². The summed E-state index contributed by atoms with van der Waals surface area (Å²) in [5.41, 5.74) is 1.83. The Morgan fingerprint density at radius 2 is 1.90 bits per heavy atom. The fourth-order valence-corrected chi connectivity index (χ4v) is 5.41. The average Bonchev–Trinajstić information content (AvgIpc) is 2.81. The molecule has 0 spiro atoms. The molecule has 0 unspecified atom stereocenters. The maximum atomic E-state index is 12.5. The van der Waals surface area contributed by atoms with E-state index in [9.17, 15) is 8.42 Å². The molecule has 0 saturated carbocycles. The monoisotopic (exact) mass is 452 g/mol. The Bertz CT molecular complexity index is 770. The summed E-state index contributed by atoms with van der Waals surface area (Å²) < 4.78 is 28.7. The molecule has 0 amide bonds. The molecule has 4 nitrogen and oxygen atoms in total. The first-order chi connectivity index (χ1) is 9.70. The van der Waals surface area contributed by atoms with Crippen molar-refractivity contribution in [3.05, 3.63) is 37.7 Å². The number of halogens is 2. The van der Waals surface area contributed by atoms with Crippen LogP contribution in [0.3, 0.4) is 0 Å². The smallest absolute Gasteiger partial charge is 0.255 e. The molecular formula is C13H14Br2N2O2S2. The van der Waals surface area contributed by atoms with Crippen LogP contribution in [-0.2, 0) is 10.0 Å². The predicted molar refractivity (Wildman–Crippen MR) is 93.6 cm³/mol. The van der Waals surface area contributed by atoms with Gasteiger partial charge in [0.05, 0.1) is 5.69 Å². The van der Waals surface area contributed by atoms with E-state index in [1.165, 1.54) is 11.3 Å². The van der Waals surface area contributed by atoms with Crippen molar-refractivity contribution in [2.24, 2.45) is 0 Å². The van der Waals surface area contributed by atoms with E-state index < -0.39 is 10.0 Å². The van der Waals surface area contributed by atoms with E-state index in [4.69, 9.17) is 0 Å². The Morgan fingerprint density at radius 1 is 1.24 bits per heavy atom. The second kappa shape index (κ2) is 6.36. The number of thiazole rings is 1. The van der Waals surface area contributed by atoms with Crippen molar-refractivity contribution < 1.29 is 8.42 Å². The Hall–Kier alpha value is -0.440. The highest BCUT2D eigenvalue weighted by molar-refractivity contribution is 9.11. The van der Waals surface area contributed by atoms with Crippen molar-refractivity contribution in [1.82, 2.24) is 4.98 Å². The number of hydrogen-bond donors (Lipinski definition) is 1. The molecule has 8 heteroatoms. The van der Waals surface area contributed by atoms with E-state index in [1.807, 2.05) is 26.2 Å². The zero-order valence-electron chi connectivity index (χ0n) is 11.6. The van der Waals surface area contributed by atoms with Crippen LogP contribution in [0.5, 0.6) is 0 Å². The summed E-state index contributed by atoms with van der Waals surface area (Å²) in [5.74, 6) is 0.264. The lowest BCUT2D eigenvalue weighted by atomic mass is 10.2. The molecule has 2 rings (SSSR count). The van der Waals surface area contributed by atoms with E-state index in [0.717, 1.165) is 15.7 Å². The molecule has 0 aliphatic carbocycles. The average molecular weight is 454 g/mol. The second-order valence-electron chi connectivity index (χ2n) is 4.87. The number of nitrogens with zero attached hydrogens (tertiary/aromatic N) is 1. The zero-order valence-corrected chi connectivity index (χ0v) is 16.5. The fraction of sp³-hybridized carbons (Fsp3) is 0.308. The molecule has 114 valence electrons. The summed E-state index contributed by atoms with van der Waals surface area (Å²) in [4.78, 5) is 4.47. The normalized spacial score (nSPS) is 11.9. The van der Waals surface area contributed by atoms with Crippen molar-refractivity contribution >= 4 is 58.4 Å². The van der Waals surface area contributed by atoms with Crippen LogP contribution >= 0.6 is 43.2 Å². The minimum absolute atomic E-state index is 0.182. The standard InChI is InChI=1S/C13H14Br2N2O2S2/c1-7(2)11-6-20-13(16-11)17-21(18,19)12-5-9(14)8(3)4-10(12)15/h4-7H,1-3H3,(H,16,17). The van der Waals surface area contributed by atoms with Gasteiger partial charge in [0.25, 0.3) is 10.0 Å². The lowest BCUT2D eigenvalue weighted by molar-refractivity contribution is 0.600. The Balaban J connectivity index is 2.36. The van der Waals surface area contributed by atoms with E-state index >= 15 is 0 Å². The first-order valence-corrected chi connectivity index (χ1v) is 10.1. The third-order valence-electron chi connectivity index (χ3n) is 2.84. The van der Waals surface area contributed by atoms with Gasteiger partial charge in [0.1, 0.15) is 4.90 Å². The maximum absolute atomic E-state index is 12.5. The number of nitrogens with one attached hydrogen (secondary N) is 1. The summed E-state index contributed by atoms with van der Waals surface area (Å²) in [6, 6.07) is 3.35. The van der Waals surface area contributed by atoms with Crippen LogP contribution in [-0.4, -0.2) is 13.4 Å². The fourth-order valence-electron chi connectivity index (χ4n) is 1.60. The largest absolute Gasteiger partial charge is 0.264 e. The molecule has 1 aromatic carbocycles. The SMILES string of the molecule is Cc1cc(Br)c(S(=O)(=O)Nc2nc(C(C)C)cs2)cc1Br. The van der Waals surface area contributed by atoms with E-state index in [2.05, 4.69) is 41.6 Å². The highest BCUT2D eigenvalue weighted by Crippen LogP contribution is 2.31. The van der Waals surface area contributed by atoms with Crippen molar-refractivity contribution in [3.8, 4) is 0 Å². The molecule has 0 aliphatic rings. The number of anilines is 1. The molecule has 1 N–H and O–H groups in total. The molecule has 0 aliphatic heterocycles. The van der Waals surface area contributed by atoms with Gasteiger partial charge in [0.15, 0.2) is 5.13 Å². The summed E-state index contributed by atoms with van der Waals surface area (Å²) in [6.45, 7) is 5.93. The molecular weight excluding hydrogens is 440 g/mol. The van der Waals surface area contributed by atoms with Crippen molar-refractivity contribution in [1.29, 1.82) is 0 Å². The van der Waals surface area contributed by atoms with Crippen LogP contribution in [0.15, 0.2) is 31.4 Å². The van der Waals surface area contributed by atoms with Gasteiger partial charge in [0, 0.05) is 14.3 Å². The van der Waals surface area contributed by atoms with Gasteiger partial charge in [-0.05, 0) is 46.5 Å². The summed E-state index contributed by atoms with van der Waals surface area (Å²) in [6.07, 6.45) is 0. The summed E-state index contributed by atoms with van der Waals surface area (Å²) in [7, 11) is -3.67. The Morgan fingerprint density at radius 3 is 2.48 bits per heavy atom. The first-order valence-electron chi connectivity index (χ1n) is 6.14. The first kappa shape index (κ1) is 16.9. The van der Waals surface area contributed by atoms with Gasteiger partial charge in [-0.1, -0.05) is 29.8 Å². The molecule has 0 saturated heterocycles. The number of aromatic nitrogens is 1. The van der Waals surface area contributed by atoms with Gasteiger partial charge >= 0.3 is 0 Å². The summed E-state index contributed by atoms with van der Waals surface area (Å²) in [5, 5.41) is 2.24. The third-order valence-corrected chi connectivity index (χ3v) is 6.89. The minimum Gasteiger partial charge on any atom is -0.255 e. The van der Waals surface area contributed by atoms with E-state index in [1.54, 1.807) is 12.1 Å².